The number of hydrogen-bond donors (Lipinski definition) is 3. The SMILES string of the molecule is CN=C(NCc1ccc(S(=O)(=O)NCC2CCCO2)cc1)NC(C)C(C)C. The smallest absolute Gasteiger partial charge is 0.240 e. The average molecular weight is 397 g/mol. The van der Waals surface area contributed by atoms with Gasteiger partial charge in [-0.1, -0.05) is 26.0 Å². The third kappa shape index (κ3) is 6.79. The van der Waals surface area contributed by atoms with E-state index in [9.17, 15) is 8.42 Å². The molecule has 1 aliphatic rings. The number of rotatable bonds is 8. The number of nitrogens with zero attached hydrogens (tertiary/aromatic N) is 1. The summed E-state index contributed by atoms with van der Waals surface area (Å²) in [7, 11) is -1.78. The van der Waals surface area contributed by atoms with E-state index in [0.717, 1.165) is 24.4 Å². The largest absolute Gasteiger partial charge is 0.377 e. The highest BCUT2D eigenvalue weighted by molar-refractivity contribution is 7.89. The molecule has 0 bridgehead atoms. The molecule has 0 spiro atoms. The molecule has 2 atom stereocenters. The van der Waals surface area contributed by atoms with E-state index in [-0.39, 0.29) is 11.0 Å². The van der Waals surface area contributed by atoms with Crippen LogP contribution in [0.25, 0.3) is 0 Å². The molecule has 1 aromatic carbocycles. The van der Waals surface area contributed by atoms with Crippen LogP contribution in [0.2, 0.25) is 0 Å². The van der Waals surface area contributed by atoms with Crippen molar-refractivity contribution in [2.24, 2.45) is 10.9 Å². The first kappa shape index (κ1) is 21.7. The van der Waals surface area contributed by atoms with E-state index in [1.54, 1.807) is 19.2 Å². The van der Waals surface area contributed by atoms with E-state index in [1.807, 2.05) is 12.1 Å². The zero-order valence-corrected chi connectivity index (χ0v) is 17.5. The first-order valence-corrected chi connectivity index (χ1v) is 11.0. The number of guanidine groups is 1. The monoisotopic (exact) mass is 396 g/mol. The lowest BCUT2D eigenvalue weighted by molar-refractivity contribution is 0.114. The molecule has 8 heteroatoms. The zero-order chi connectivity index (χ0) is 19.9. The summed E-state index contributed by atoms with van der Waals surface area (Å²) < 4.78 is 32.9. The first-order chi connectivity index (χ1) is 12.8. The van der Waals surface area contributed by atoms with Crippen molar-refractivity contribution in [2.75, 3.05) is 20.2 Å². The molecule has 0 aliphatic carbocycles. The highest BCUT2D eigenvalue weighted by Crippen LogP contribution is 2.14. The molecule has 0 radical (unpaired) electrons. The van der Waals surface area contributed by atoms with E-state index in [1.165, 1.54) is 0 Å². The van der Waals surface area contributed by atoms with Crippen LogP contribution < -0.4 is 15.4 Å². The lowest BCUT2D eigenvalue weighted by Crippen LogP contribution is -2.43. The molecule has 2 rings (SSSR count). The molecule has 1 aliphatic heterocycles. The fourth-order valence-corrected chi connectivity index (χ4v) is 3.71. The molecule has 0 saturated carbocycles. The Morgan fingerprint density at radius 3 is 2.52 bits per heavy atom. The summed E-state index contributed by atoms with van der Waals surface area (Å²) in [4.78, 5) is 4.49. The summed E-state index contributed by atoms with van der Waals surface area (Å²) in [5, 5.41) is 6.59. The second kappa shape index (κ2) is 10.1. The van der Waals surface area contributed by atoms with Crippen molar-refractivity contribution in [3.63, 3.8) is 0 Å². The molecule has 27 heavy (non-hydrogen) atoms. The van der Waals surface area contributed by atoms with Crippen LogP contribution in [-0.2, 0) is 21.3 Å². The van der Waals surface area contributed by atoms with E-state index < -0.39 is 10.0 Å². The van der Waals surface area contributed by atoms with Gasteiger partial charge < -0.3 is 15.4 Å². The molecular formula is C19H32N4O3S. The fourth-order valence-electron chi connectivity index (χ4n) is 2.64. The minimum atomic E-state index is -3.51. The summed E-state index contributed by atoms with van der Waals surface area (Å²) in [6.45, 7) is 8.01. The van der Waals surface area contributed by atoms with Gasteiger partial charge in [0, 0.05) is 32.8 Å². The van der Waals surface area contributed by atoms with Crippen LogP contribution in [-0.4, -0.2) is 46.7 Å². The van der Waals surface area contributed by atoms with Gasteiger partial charge in [0.1, 0.15) is 0 Å². The maximum absolute atomic E-state index is 12.4. The lowest BCUT2D eigenvalue weighted by atomic mass is 10.1. The second-order valence-corrected chi connectivity index (χ2v) is 9.00. The summed E-state index contributed by atoms with van der Waals surface area (Å²) in [6.07, 6.45) is 1.87. The molecule has 0 aromatic heterocycles. The predicted molar refractivity (Wildman–Crippen MR) is 108 cm³/mol. The number of benzene rings is 1. The van der Waals surface area contributed by atoms with Crippen molar-refractivity contribution in [1.82, 2.24) is 15.4 Å². The molecule has 2 unspecified atom stereocenters. The second-order valence-electron chi connectivity index (χ2n) is 7.23. The van der Waals surface area contributed by atoms with Gasteiger partial charge in [-0.15, -0.1) is 0 Å². The van der Waals surface area contributed by atoms with Crippen molar-refractivity contribution in [3.8, 4) is 0 Å². The normalized spacial score (nSPS) is 19.3. The van der Waals surface area contributed by atoms with E-state index in [2.05, 4.69) is 41.1 Å². The summed E-state index contributed by atoms with van der Waals surface area (Å²) in [5.74, 6) is 1.22. The Hall–Kier alpha value is -1.64. The third-order valence-corrected chi connectivity index (χ3v) is 6.25. The van der Waals surface area contributed by atoms with Crippen LogP contribution in [0.4, 0.5) is 0 Å². The van der Waals surface area contributed by atoms with Crippen LogP contribution in [0.5, 0.6) is 0 Å². The van der Waals surface area contributed by atoms with Crippen LogP contribution in [0.1, 0.15) is 39.2 Å². The van der Waals surface area contributed by atoms with E-state index in [4.69, 9.17) is 4.74 Å². The Kier molecular flexibility index (Phi) is 8.07. The molecule has 3 N–H and O–H groups in total. The Labute approximate surface area is 163 Å². The summed E-state index contributed by atoms with van der Waals surface area (Å²) in [5.41, 5.74) is 0.980. The van der Waals surface area contributed by atoms with Gasteiger partial charge >= 0.3 is 0 Å². The predicted octanol–water partition coefficient (Wildman–Crippen LogP) is 1.85. The summed E-state index contributed by atoms with van der Waals surface area (Å²) in [6, 6.07) is 7.18. The Balaban J connectivity index is 1.88. The topological polar surface area (TPSA) is 91.8 Å². The molecule has 1 saturated heterocycles. The van der Waals surface area contributed by atoms with Crippen molar-refractivity contribution in [3.05, 3.63) is 29.8 Å². The number of sulfonamides is 1. The van der Waals surface area contributed by atoms with Gasteiger partial charge in [0.15, 0.2) is 5.96 Å². The highest BCUT2D eigenvalue weighted by atomic mass is 32.2. The highest BCUT2D eigenvalue weighted by Gasteiger charge is 2.20. The standard InChI is InChI=1S/C19H32N4O3S/c1-14(2)15(3)23-19(20-4)21-12-16-7-9-18(10-8-16)27(24,25)22-13-17-6-5-11-26-17/h7-10,14-15,17,22H,5-6,11-13H2,1-4H3,(H2,20,21,23). The average Bonchev–Trinajstić information content (AvgIpc) is 3.17. The van der Waals surface area contributed by atoms with Crippen molar-refractivity contribution < 1.29 is 13.2 Å². The Bertz CT molecular complexity index is 711. The van der Waals surface area contributed by atoms with Crippen molar-refractivity contribution in [1.29, 1.82) is 0 Å². The minimum absolute atomic E-state index is 0.0178. The molecule has 7 nitrogen and oxygen atoms in total. The van der Waals surface area contributed by atoms with E-state index >= 15 is 0 Å². The third-order valence-electron chi connectivity index (χ3n) is 4.81. The Morgan fingerprint density at radius 2 is 1.96 bits per heavy atom. The van der Waals surface area contributed by atoms with Crippen LogP contribution in [0.3, 0.4) is 0 Å². The number of nitrogens with one attached hydrogen (secondary N) is 3. The number of ether oxygens (including phenoxy) is 1. The molecule has 1 fully saturated rings. The van der Waals surface area contributed by atoms with Crippen molar-refractivity contribution in [2.45, 2.75) is 57.2 Å². The van der Waals surface area contributed by atoms with Gasteiger partial charge in [-0.2, -0.15) is 0 Å². The summed E-state index contributed by atoms with van der Waals surface area (Å²) >= 11 is 0. The van der Waals surface area contributed by atoms with Crippen LogP contribution in [0.15, 0.2) is 34.2 Å². The van der Waals surface area contributed by atoms with Gasteiger partial charge in [-0.05, 0) is 43.4 Å². The molecule has 1 aromatic rings. The quantitative estimate of drug-likeness (QED) is 0.461. The molecule has 0 amide bonds. The van der Waals surface area contributed by atoms with Crippen molar-refractivity contribution >= 4 is 16.0 Å². The minimum Gasteiger partial charge on any atom is -0.377 e. The van der Waals surface area contributed by atoms with Gasteiger partial charge in [0.25, 0.3) is 0 Å². The van der Waals surface area contributed by atoms with Crippen LogP contribution >= 0.6 is 0 Å². The molecular weight excluding hydrogens is 364 g/mol. The maximum atomic E-state index is 12.4. The lowest BCUT2D eigenvalue weighted by Gasteiger charge is -2.20. The fraction of sp³-hybridized carbons (Fsp3) is 0.632. The first-order valence-electron chi connectivity index (χ1n) is 9.49. The van der Waals surface area contributed by atoms with Gasteiger partial charge in [-0.3, -0.25) is 4.99 Å². The maximum Gasteiger partial charge on any atom is 0.240 e. The van der Waals surface area contributed by atoms with Gasteiger partial charge in [0.05, 0.1) is 11.0 Å². The molecule has 1 heterocycles. The zero-order valence-electron chi connectivity index (χ0n) is 16.7. The number of hydrogen-bond acceptors (Lipinski definition) is 4. The van der Waals surface area contributed by atoms with E-state index in [0.29, 0.717) is 31.7 Å². The Morgan fingerprint density at radius 1 is 1.26 bits per heavy atom. The number of aliphatic imine (C=N–C) groups is 1. The van der Waals surface area contributed by atoms with Gasteiger partial charge in [-0.25, -0.2) is 13.1 Å². The molecule has 152 valence electrons. The van der Waals surface area contributed by atoms with Gasteiger partial charge in [0.2, 0.25) is 10.0 Å². The van der Waals surface area contributed by atoms with Crippen LogP contribution in [0, 0.1) is 5.92 Å².